The van der Waals surface area contributed by atoms with Gasteiger partial charge in [-0.3, -0.25) is 4.79 Å². The summed E-state index contributed by atoms with van der Waals surface area (Å²) in [5, 5.41) is 0. The van der Waals surface area contributed by atoms with Gasteiger partial charge >= 0.3 is 6.09 Å². The molecule has 4 nitrogen and oxygen atoms in total. The van der Waals surface area contributed by atoms with E-state index in [4.69, 9.17) is 0 Å². The summed E-state index contributed by atoms with van der Waals surface area (Å²) < 4.78 is 3.89. The molecule has 16 heavy (non-hydrogen) atoms. The van der Waals surface area contributed by atoms with Gasteiger partial charge in [0.05, 0.1) is 7.11 Å². The molecule has 0 unspecified atom stereocenters. The minimum atomic E-state index is -0.745. The molecule has 0 bridgehead atoms. The van der Waals surface area contributed by atoms with E-state index < -0.39 is 6.09 Å². The van der Waals surface area contributed by atoms with Gasteiger partial charge in [-0.25, -0.2) is 4.79 Å². The Morgan fingerprint density at radius 2 is 1.62 bits per heavy atom. The third kappa shape index (κ3) is 9.49. The predicted octanol–water partition coefficient (Wildman–Crippen LogP) is 2.89. The van der Waals surface area contributed by atoms with Crippen molar-refractivity contribution in [2.75, 3.05) is 7.11 Å². The third-order valence-corrected chi connectivity index (χ3v) is 2.36. The first-order chi connectivity index (χ1) is 7.61. The highest BCUT2D eigenvalue weighted by Crippen LogP contribution is 2.25. The van der Waals surface area contributed by atoms with Crippen molar-refractivity contribution < 1.29 is 14.3 Å². The lowest BCUT2D eigenvalue weighted by Gasteiger charge is -2.02. The van der Waals surface area contributed by atoms with Gasteiger partial charge in [0, 0.05) is 12.3 Å². The van der Waals surface area contributed by atoms with Crippen molar-refractivity contribution in [3.63, 3.8) is 0 Å². The van der Waals surface area contributed by atoms with Gasteiger partial charge in [-0.1, -0.05) is 33.6 Å². The SMILES string of the molecule is CC.CCC(=O)C1CCCC1.COC(N)=O. The summed E-state index contributed by atoms with van der Waals surface area (Å²) in [4.78, 5) is 20.4. The number of hydrogen-bond acceptors (Lipinski definition) is 3. The normalized spacial score (nSPS) is 14.0. The number of Topliss-reactive ketones (excluding diaryl/α,β-unsaturated/α-hetero) is 1. The van der Waals surface area contributed by atoms with Crippen LogP contribution in [0.4, 0.5) is 4.79 Å². The van der Waals surface area contributed by atoms with Crippen LogP contribution in [0.3, 0.4) is 0 Å². The van der Waals surface area contributed by atoms with Gasteiger partial charge in [0.2, 0.25) is 0 Å². The molecule has 1 aliphatic carbocycles. The van der Waals surface area contributed by atoms with Crippen molar-refractivity contribution in [3.8, 4) is 0 Å². The van der Waals surface area contributed by atoms with Gasteiger partial charge in [-0.15, -0.1) is 0 Å². The van der Waals surface area contributed by atoms with E-state index in [1.165, 1.54) is 20.0 Å². The Morgan fingerprint density at radius 3 is 1.88 bits per heavy atom. The first-order valence-corrected chi connectivity index (χ1v) is 5.98. The van der Waals surface area contributed by atoms with E-state index in [0.717, 1.165) is 19.3 Å². The molecule has 0 atom stereocenters. The molecule has 1 aliphatic rings. The number of ether oxygens (including phenoxy) is 1. The predicted molar refractivity (Wildman–Crippen MR) is 65.2 cm³/mol. The molecule has 0 spiro atoms. The van der Waals surface area contributed by atoms with Crippen molar-refractivity contribution in [1.82, 2.24) is 0 Å². The van der Waals surface area contributed by atoms with Crippen LogP contribution >= 0.6 is 0 Å². The third-order valence-electron chi connectivity index (χ3n) is 2.36. The summed E-state index contributed by atoms with van der Waals surface area (Å²) in [7, 11) is 1.22. The molecule has 2 N–H and O–H groups in total. The molecule has 0 aromatic rings. The molecule has 4 heteroatoms. The Morgan fingerprint density at radius 1 is 1.25 bits per heavy atom. The Bertz CT molecular complexity index is 187. The van der Waals surface area contributed by atoms with E-state index >= 15 is 0 Å². The van der Waals surface area contributed by atoms with E-state index in [1.54, 1.807) is 0 Å². The Labute approximate surface area is 98.5 Å². The molecular formula is C12H25NO3. The van der Waals surface area contributed by atoms with Gasteiger partial charge in [0.15, 0.2) is 0 Å². The number of carbonyl (C=O) groups excluding carboxylic acids is 2. The first-order valence-electron chi connectivity index (χ1n) is 5.98. The van der Waals surface area contributed by atoms with Crippen LogP contribution < -0.4 is 5.73 Å². The van der Waals surface area contributed by atoms with Crippen molar-refractivity contribution in [3.05, 3.63) is 0 Å². The van der Waals surface area contributed by atoms with Crippen molar-refractivity contribution in [2.45, 2.75) is 52.9 Å². The fourth-order valence-corrected chi connectivity index (χ4v) is 1.54. The van der Waals surface area contributed by atoms with Gasteiger partial charge in [-0.2, -0.15) is 0 Å². The van der Waals surface area contributed by atoms with Gasteiger partial charge in [-0.05, 0) is 12.8 Å². The molecule has 0 aromatic carbocycles. The van der Waals surface area contributed by atoms with Crippen molar-refractivity contribution in [2.24, 2.45) is 11.7 Å². The van der Waals surface area contributed by atoms with Crippen LogP contribution in [0.2, 0.25) is 0 Å². The molecule has 0 aromatic heterocycles. The van der Waals surface area contributed by atoms with Crippen molar-refractivity contribution in [1.29, 1.82) is 0 Å². The van der Waals surface area contributed by atoms with Crippen molar-refractivity contribution >= 4 is 11.9 Å². The molecule has 0 radical (unpaired) electrons. The smallest absolute Gasteiger partial charge is 0.404 e. The number of methoxy groups -OCH3 is 1. The quantitative estimate of drug-likeness (QED) is 0.794. The lowest BCUT2D eigenvalue weighted by molar-refractivity contribution is -0.122. The molecule has 0 heterocycles. The van der Waals surface area contributed by atoms with Crippen LogP contribution in [0, 0.1) is 5.92 Å². The number of primary amides is 1. The highest BCUT2D eigenvalue weighted by Gasteiger charge is 2.20. The summed E-state index contributed by atoms with van der Waals surface area (Å²) in [6, 6.07) is 0. The van der Waals surface area contributed by atoms with Gasteiger partial charge < -0.3 is 10.5 Å². The Kier molecular flexibility index (Phi) is 13.0. The number of nitrogens with two attached hydrogens (primary N) is 1. The average Bonchev–Trinajstić information content (AvgIpc) is 2.85. The summed E-state index contributed by atoms with van der Waals surface area (Å²) >= 11 is 0. The molecule has 0 saturated heterocycles. The second kappa shape index (κ2) is 12.0. The van der Waals surface area contributed by atoms with Crippen LogP contribution in [-0.2, 0) is 9.53 Å². The Hall–Kier alpha value is -1.06. The van der Waals surface area contributed by atoms with Crippen LogP contribution in [0.25, 0.3) is 0 Å². The number of hydrogen-bond donors (Lipinski definition) is 1. The van der Waals surface area contributed by atoms with Crippen LogP contribution in [-0.4, -0.2) is 19.0 Å². The standard InChI is InChI=1S/C8H14O.C2H5NO2.C2H6/c1-2-8(9)7-5-3-4-6-7;1-5-2(3)4;1-2/h7H,2-6H2,1H3;1H3,(H2,3,4);1-2H3. The zero-order valence-electron chi connectivity index (χ0n) is 10.9. The van der Waals surface area contributed by atoms with E-state index in [1.807, 2.05) is 20.8 Å². The van der Waals surface area contributed by atoms with E-state index in [9.17, 15) is 9.59 Å². The van der Waals surface area contributed by atoms with Crippen LogP contribution in [0.5, 0.6) is 0 Å². The minimum Gasteiger partial charge on any atom is -0.453 e. The monoisotopic (exact) mass is 231 g/mol. The summed E-state index contributed by atoms with van der Waals surface area (Å²) in [5.41, 5.74) is 4.43. The maximum absolute atomic E-state index is 11.0. The second-order valence-corrected chi connectivity index (χ2v) is 3.32. The maximum atomic E-state index is 11.0. The largest absolute Gasteiger partial charge is 0.453 e. The molecular weight excluding hydrogens is 206 g/mol. The fraction of sp³-hybridized carbons (Fsp3) is 0.833. The molecule has 0 aliphatic heterocycles. The zero-order valence-corrected chi connectivity index (χ0v) is 10.9. The molecule has 1 rings (SSSR count). The number of amides is 1. The Balaban J connectivity index is 0. The lowest BCUT2D eigenvalue weighted by atomic mass is 10.0. The van der Waals surface area contributed by atoms with E-state index in [0.29, 0.717) is 11.7 Å². The highest BCUT2D eigenvalue weighted by atomic mass is 16.5. The first kappa shape index (κ1) is 17.3. The van der Waals surface area contributed by atoms with Gasteiger partial charge in [0.25, 0.3) is 0 Å². The van der Waals surface area contributed by atoms with Crippen LogP contribution in [0.15, 0.2) is 0 Å². The summed E-state index contributed by atoms with van der Waals surface area (Å²) in [6.45, 7) is 5.96. The van der Waals surface area contributed by atoms with Crippen LogP contribution in [0.1, 0.15) is 52.9 Å². The molecule has 1 amide bonds. The number of carbonyl (C=O) groups is 2. The lowest BCUT2D eigenvalue weighted by Crippen LogP contribution is -2.08. The highest BCUT2D eigenvalue weighted by molar-refractivity contribution is 5.80. The van der Waals surface area contributed by atoms with E-state index in [-0.39, 0.29) is 0 Å². The minimum absolute atomic E-state index is 0.440. The maximum Gasteiger partial charge on any atom is 0.404 e. The summed E-state index contributed by atoms with van der Waals surface area (Å²) in [5.74, 6) is 0.919. The molecule has 96 valence electrons. The molecule has 1 saturated carbocycles. The second-order valence-electron chi connectivity index (χ2n) is 3.32. The topological polar surface area (TPSA) is 69.4 Å². The summed E-state index contributed by atoms with van der Waals surface area (Å²) in [6.07, 6.45) is 4.86. The average molecular weight is 231 g/mol. The van der Waals surface area contributed by atoms with E-state index in [2.05, 4.69) is 10.5 Å². The zero-order chi connectivity index (χ0) is 13.0. The van der Waals surface area contributed by atoms with Gasteiger partial charge in [0.1, 0.15) is 5.78 Å². The number of rotatable bonds is 2. The fourth-order valence-electron chi connectivity index (χ4n) is 1.54. The molecule has 1 fully saturated rings. The number of ketones is 1.